The van der Waals surface area contributed by atoms with E-state index in [9.17, 15) is 9.59 Å². The van der Waals surface area contributed by atoms with Gasteiger partial charge in [0, 0.05) is 10.6 Å². The number of benzene rings is 2. The van der Waals surface area contributed by atoms with E-state index in [2.05, 4.69) is 12.2 Å². The van der Waals surface area contributed by atoms with E-state index in [1.54, 1.807) is 15.9 Å². The van der Waals surface area contributed by atoms with Gasteiger partial charge in [-0.05, 0) is 74.1 Å². The van der Waals surface area contributed by atoms with E-state index in [-0.39, 0.29) is 17.2 Å². The first kappa shape index (κ1) is 23.6. The van der Waals surface area contributed by atoms with E-state index in [1.807, 2.05) is 61.5 Å². The molecule has 0 radical (unpaired) electrons. The molecule has 1 atom stereocenters. The molecule has 2 aromatic heterocycles. The zero-order valence-electron chi connectivity index (χ0n) is 19.7. The molecule has 2 heterocycles. The van der Waals surface area contributed by atoms with Crippen LogP contribution in [0, 0.1) is 5.92 Å². The first-order chi connectivity index (χ1) is 17.0. The summed E-state index contributed by atoms with van der Waals surface area (Å²) in [5, 5.41) is 4.18. The van der Waals surface area contributed by atoms with Crippen LogP contribution >= 0.6 is 23.1 Å². The summed E-state index contributed by atoms with van der Waals surface area (Å²) in [6.45, 7) is 4.78. The number of para-hydroxylation sites is 1. The van der Waals surface area contributed by atoms with E-state index >= 15 is 0 Å². The molecule has 1 unspecified atom stereocenters. The molecule has 5 rings (SSSR count). The molecule has 2 aromatic carbocycles. The quantitative estimate of drug-likeness (QED) is 0.258. The van der Waals surface area contributed by atoms with E-state index in [0.29, 0.717) is 23.4 Å². The number of nitrogens with one attached hydrogen (secondary N) is 1. The number of aryl methyl sites for hydroxylation is 1. The molecular weight excluding hydrogens is 478 g/mol. The van der Waals surface area contributed by atoms with Crippen LogP contribution in [-0.2, 0) is 17.6 Å². The molecule has 1 aliphatic rings. The number of hydrogen-bond donors (Lipinski definition) is 1. The lowest BCUT2D eigenvalue weighted by Crippen LogP contribution is -2.23. The van der Waals surface area contributed by atoms with Gasteiger partial charge in [0.1, 0.15) is 10.6 Å². The number of amides is 1. The Hall–Kier alpha value is -3.10. The highest BCUT2D eigenvalue weighted by molar-refractivity contribution is 7.99. The molecule has 1 aliphatic carbocycles. The number of thioether (sulfide) groups is 1. The van der Waals surface area contributed by atoms with Crippen LogP contribution in [0.5, 0.6) is 5.75 Å². The Morgan fingerprint density at radius 2 is 1.97 bits per heavy atom. The number of fused-ring (bicyclic) bond motifs is 3. The highest BCUT2D eigenvalue weighted by atomic mass is 32.2. The van der Waals surface area contributed by atoms with Crippen LogP contribution < -0.4 is 15.6 Å². The third-order valence-corrected chi connectivity index (χ3v) is 8.18. The fraction of sp³-hybridized carbons (Fsp3) is 0.296. The fourth-order valence-electron chi connectivity index (χ4n) is 4.40. The molecule has 0 fully saturated rings. The first-order valence-electron chi connectivity index (χ1n) is 11.8. The van der Waals surface area contributed by atoms with Crippen molar-refractivity contribution in [1.82, 2.24) is 9.55 Å². The van der Waals surface area contributed by atoms with Crippen LogP contribution in [0.15, 0.2) is 64.5 Å². The predicted octanol–water partition coefficient (Wildman–Crippen LogP) is 5.70. The smallest absolute Gasteiger partial charge is 0.267 e. The van der Waals surface area contributed by atoms with Crippen LogP contribution in [0.4, 0.5) is 5.69 Å². The molecule has 35 heavy (non-hydrogen) atoms. The van der Waals surface area contributed by atoms with Gasteiger partial charge in [-0.1, -0.05) is 36.9 Å². The van der Waals surface area contributed by atoms with E-state index in [0.717, 1.165) is 46.5 Å². The lowest BCUT2D eigenvalue weighted by atomic mass is 9.89. The molecule has 0 saturated carbocycles. The second-order valence-corrected chi connectivity index (χ2v) is 10.7. The predicted molar refractivity (Wildman–Crippen MR) is 143 cm³/mol. The van der Waals surface area contributed by atoms with Gasteiger partial charge in [-0.3, -0.25) is 14.2 Å². The van der Waals surface area contributed by atoms with Gasteiger partial charge >= 0.3 is 0 Å². The van der Waals surface area contributed by atoms with Gasteiger partial charge in [-0.25, -0.2) is 4.98 Å². The van der Waals surface area contributed by atoms with Gasteiger partial charge in [-0.2, -0.15) is 0 Å². The zero-order valence-corrected chi connectivity index (χ0v) is 21.4. The average Bonchev–Trinajstić information content (AvgIpc) is 3.22. The average molecular weight is 506 g/mol. The van der Waals surface area contributed by atoms with Gasteiger partial charge < -0.3 is 10.1 Å². The molecule has 4 aromatic rings. The highest BCUT2D eigenvalue weighted by Gasteiger charge is 2.25. The second-order valence-electron chi connectivity index (χ2n) is 8.70. The lowest BCUT2D eigenvalue weighted by molar-refractivity contribution is -0.113. The van der Waals surface area contributed by atoms with E-state index in [4.69, 9.17) is 9.72 Å². The second kappa shape index (κ2) is 10.3. The standard InChI is InChI=1S/C27H27N3O3S2/c1-3-33-20-12-10-18(11-13-20)28-23(31)16-34-27-29-25-24(21-14-9-17(2)15-22(21)35-25)26(32)30(27)19-7-5-4-6-8-19/h4-8,10-13,17H,3,9,14-16H2,1-2H3,(H,28,31). The first-order valence-corrected chi connectivity index (χ1v) is 13.6. The molecule has 1 amide bonds. The Balaban J connectivity index is 1.44. The van der Waals surface area contributed by atoms with Crippen molar-refractivity contribution in [3.8, 4) is 11.4 Å². The summed E-state index contributed by atoms with van der Waals surface area (Å²) in [6, 6.07) is 16.8. The Labute approximate surface area is 212 Å². The summed E-state index contributed by atoms with van der Waals surface area (Å²) >= 11 is 2.91. The minimum absolute atomic E-state index is 0.0531. The Kier molecular flexibility index (Phi) is 6.92. The zero-order chi connectivity index (χ0) is 24.4. The topological polar surface area (TPSA) is 73.2 Å². The molecule has 6 nitrogen and oxygen atoms in total. The molecule has 8 heteroatoms. The number of anilines is 1. The van der Waals surface area contributed by atoms with Crippen molar-refractivity contribution in [1.29, 1.82) is 0 Å². The number of carbonyl (C=O) groups excluding carboxylic acids is 1. The Bertz CT molecular complexity index is 1410. The van der Waals surface area contributed by atoms with E-state index < -0.39 is 0 Å². The van der Waals surface area contributed by atoms with Crippen molar-refractivity contribution in [2.75, 3.05) is 17.7 Å². The van der Waals surface area contributed by atoms with Gasteiger partial charge in [0.2, 0.25) is 5.91 Å². The maximum Gasteiger partial charge on any atom is 0.267 e. The number of nitrogens with zero attached hydrogens (tertiary/aromatic N) is 2. The molecule has 0 aliphatic heterocycles. The van der Waals surface area contributed by atoms with Crippen molar-refractivity contribution >= 4 is 44.9 Å². The molecule has 0 bridgehead atoms. The van der Waals surface area contributed by atoms with Crippen LogP contribution in [0.1, 0.15) is 30.7 Å². The summed E-state index contributed by atoms with van der Waals surface area (Å²) in [5.41, 5.74) is 2.56. The van der Waals surface area contributed by atoms with Crippen molar-refractivity contribution in [3.05, 3.63) is 75.4 Å². The number of aromatic nitrogens is 2. The Morgan fingerprint density at radius 3 is 2.71 bits per heavy atom. The molecule has 0 saturated heterocycles. The number of carbonyl (C=O) groups is 1. The molecule has 180 valence electrons. The monoisotopic (exact) mass is 505 g/mol. The van der Waals surface area contributed by atoms with Crippen molar-refractivity contribution < 1.29 is 9.53 Å². The van der Waals surface area contributed by atoms with Crippen LogP contribution in [0.25, 0.3) is 15.9 Å². The van der Waals surface area contributed by atoms with Gasteiger partial charge in [0.15, 0.2) is 5.16 Å². The largest absolute Gasteiger partial charge is 0.494 e. The summed E-state index contributed by atoms with van der Waals surface area (Å²) in [7, 11) is 0. The summed E-state index contributed by atoms with van der Waals surface area (Å²) in [6.07, 6.45) is 3.00. The third-order valence-electron chi connectivity index (χ3n) is 6.09. The van der Waals surface area contributed by atoms with Crippen LogP contribution in [0.2, 0.25) is 0 Å². The number of hydrogen-bond acceptors (Lipinski definition) is 6. The Morgan fingerprint density at radius 1 is 1.20 bits per heavy atom. The summed E-state index contributed by atoms with van der Waals surface area (Å²) < 4.78 is 7.11. The summed E-state index contributed by atoms with van der Waals surface area (Å²) in [4.78, 5) is 33.5. The van der Waals surface area contributed by atoms with Crippen molar-refractivity contribution in [2.45, 2.75) is 38.3 Å². The minimum Gasteiger partial charge on any atom is -0.494 e. The van der Waals surface area contributed by atoms with Crippen LogP contribution in [0.3, 0.4) is 0 Å². The van der Waals surface area contributed by atoms with Crippen molar-refractivity contribution in [2.24, 2.45) is 5.92 Å². The molecule has 1 N–H and O–H groups in total. The normalized spacial score (nSPS) is 15.1. The third kappa shape index (κ3) is 4.99. The van der Waals surface area contributed by atoms with Gasteiger partial charge in [0.05, 0.1) is 23.4 Å². The fourth-order valence-corrected chi connectivity index (χ4v) is 6.64. The lowest BCUT2D eigenvalue weighted by Gasteiger charge is -2.17. The molecular formula is C27H27N3O3S2. The highest BCUT2D eigenvalue weighted by Crippen LogP contribution is 2.37. The van der Waals surface area contributed by atoms with Crippen LogP contribution in [-0.4, -0.2) is 27.8 Å². The number of rotatable bonds is 7. The van der Waals surface area contributed by atoms with E-state index in [1.165, 1.54) is 16.6 Å². The maximum absolute atomic E-state index is 13.8. The maximum atomic E-state index is 13.8. The SMILES string of the molecule is CCOc1ccc(NC(=O)CSc2nc3sc4c(c3c(=O)n2-c2ccccc2)CCC(C)C4)cc1. The molecule has 0 spiro atoms. The number of ether oxygens (including phenoxy) is 1. The van der Waals surface area contributed by atoms with Gasteiger partial charge in [0.25, 0.3) is 5.56 Å². The minimum atomic E-state index is -0.160. The van der Waals surface area contributed by atoms with Gasteiger partial charge in [-0.15, -0.1) is 11.3 Å². The number of thiophene rings is 1. The van der Waals surface area contributed by atoms with Crippen molar-refractivity contribution in [3.63, 3.8) is 0 Å². The summed E-state index contributed by atoms with van der Waals surface area (Å²) in [5.74, 6) is 1.36.